The molecular weight excluding hydrogens is 304 g/mol. The topological polar surface area (TPSA) is 69.6 Å². The average Bonchev–Trinajstić information content (AvgIpc) is 2.54. The number of piperidine rings is 1. The zero-order chi connectivity index (χ0) is 17.9. The maximum Gasteiger partial charge on any atom is 0.252 e. The molecule has 3 unspecified atom stereocenters. The van der Waals surface area contributed by atoms with Gasteiger partial charge in [-0.15, -0.1) is 0 Å². The van der Waals surface area contributed by atoms with Crippen LogP contribution in [0, 0.1) is 18.8 Å². The zero-order valence-electron chi connectivity index (χ0n) is 15.0. The van der Waals surface area contributed by atoms with E-state index in [-0.39, 0.29) is 23.7 Å². The highest BCUT2D eigenvalue weighted by Gasteiger charge is 2.33. The fourth-order valence-corrected chi connectivity index (χ4v) is 3.01. The van der Waals surface area contributed by atoms with Gasteiger partial charge in [-0.05, 0) is 36.8 Å². The molecule has 2 amide bonds. The van der Waals surface area contributed by atoms with E-state index in [0.717, 1.165) is 12.0 Å². The van der Waals surface area contributed by atoms with Crippen LogP contribution in [0.3, 0.4) is 0 Å². The molecule has 0 spiro atoms. The van der Waals surface area contributed by atoms with Gasteiger partial charge in [0.05, 0.1) is 6.10 Å². The van der Waals surface area contributed by atoms with Gasteiger partial charge >= 0.3 is 0 Å². The number of aryl methyl sites for hydroxylation is 1. The van der Waals surface area contributed by atoms with Gasteiger partial charge in [-0.2, -0.15) is 0 Å². The lowest BCUT2D eigenvalue weighted by molar-refractivity contribution is -0.138. The molecule has 1 saturated heterocycles. The first-order chi connectivity index (χ1) is 11.3. The summed E-state index contributed by atoms with van der Waals surface area (Å²) in [5.74, 6) is -0.168. The van der Waals surface area contributed by atoms with Crippen LogP contribution in [0.5, 0.6) is 0 Å². The summed E-state index contributed by atoms with van der Waals surface area (Å²) < 4.78 is 0. The van der Waals surface area contributed by atoms with E-state index in [1.807, 2.05) is 45.9 Å². The molecule has 1 aromatic carbocycles. The van der Waals surface area contributed by atoms with E-state index in [1.165, 1.54) is 0 Å². The molecule has 1 aliphatic rings. The molecule has 0 bridgehead atoms. The first-order valence-corrected chi connectivity index (χ1v) is 8.64. The maximum absolute atomic E-state index is 12.8. The Hall–Kier alpha value is -1.88. The lowest BCUT2D eigenvalue weighted by atomic mass is 9.94. The number of nitrogens with zero attached hydrogens (tertiary/aromatic N) is 1. The fraction of sp³-hybridized carbons (Fsp3) is 0.579. The highest BCUT2D eigenvalue weighted by molar-refractivity contribution is 5.98. The van der Waals surface area contributed by atoms with Gasteiger partial charge in [0, 0.05) is 18.7 Å². The van der Waals surface area contributed by atoms with E-state index in [0.29, 0.717) is 18.7 Å². The van der Waals surface area contributed by atoms with Crippen molar-refractivity contribution in [3.05, 3.63) is 35.4 Å². The van der Waals surface area contributed by atoms with E-state index in [4.69, 9.17) is 0 Å². The van der Waals surface area contributed by atoms with Gasteiger partial charge in [0.1, 0.15) is 6.04 Å². The molecule has 1 aliphatic heterocycles. The summed E-state index contributed by atoms with van der Waals surface area (Å²) >= 11 is 0. The Kier molecular flexibility index (Phi) is 5.99. The number of benzene rings is 1. The van der Waals surface area contributed by atoms with Crippen LogP contribution in [0.4, 0.5) is 0 Å². The molecule has 132 valence electrons. The van der Waals surface area contributed by atoms with E-state index < -0.39 is 12.1 Å². The van der Waals surface area contributed by atoms with Gasteiger partial charge in [-0.3, -0.25) is 9.59 Å². The van der Waals surface area contributed by atoms with E-state index in [2.05, 4.69) is 5.32 Å². The molecule has 1 heterocycles. The normalized spacial score (nSPS) is 22.3. The quantitative estimate of drug-likeness (QED) is 0.886. The van der Waals surface area contributed by atoms with Crippen LogP contribution < -0.4 is 5.32 Å². The molecule has 1 aromatic rings. The summed E-state index contributed by atoms with van der Waals surface area (Å²) in [5, 5.41) is 12.9. The van der Waals surface area contributed by atoms with Gasteiger partial charge in [0.15, 0.2) is 0 Å². The second-order valence-electron chi connectivity index (χ2n) is 7.13. The molecule has 5 heteroatoms. The standard InChI is InChI=1S/C19H28N2O3/c1-12(2)17(19(24)21-10-9-14(4)16(22)11-21)20-18(23)15-8-6-5-7-13(15)3/h5-8,12,14,16-17,22H,9-11H2,1-4H3,(H,20,23). The minimum Gasteiger partial charge on any atom is -0.391 e. The highest BCUT2D eigenvalue weighted by Crippen LogP contribution is 2.19. The third kappa shape index (κ3) is 4.15. The second kappa shape index (κ2) is 7.79. The fourth-order valence-electron chi connectivity index (χ4n) is 3.01. The van der Waals surface area contributed by atoms with Gasteiger partial charge in [-0.1, -0.05) is 39.0 Å². The first kappa shape index (κ1) is 18.5. The Balaban J connectivity index is 2.10. The molecule has 3 atom stereocenters. The average molecular weight is 332 g/mol. The molecule has 0 aromatic heterocycles. The van der Waals surface area contributed by atoms with Crippen LogP contribution in [-0.2, 0) is 4.79 Å². The highest BCUT2D eigenvalue weighted by atomic mass is 16.3. The Bertz CT molecular complexity index is 600. The van der Waals surface area contributed by atoms with Crippen molar-refractivity contribution >= 4 is 11.8 Å². The van der Waals surface area contributed by atoms with Crippen molar-refractivity contribution in [1.29, 1.82) is 0 Å². The molecule has 5 nitrogen and oxygen atoms in total. The lowest BCUT2D eigenvalue weighted by Gasteiger charge is -2.37. The number of nitrogens with one attached hydrogen (secondary N) is 1. The van der Waals surface area contributed by atoms with Crippen LogP contribution in [0.1, 0.15) is 43.1 Å². The van der Waals surface area contributed by atoms with Gasteiger partial charge in [0.2, 0.25) is 5.91 Å². The second-order valence-corrected chi connectivity index (χ2v) is 7.13. The molecular formula is C19H28N2O3. The SMILES string of the molecule is Cc1ccccc1C(=O)NC(C(=O)N1CCC(C)C(O)C1)C(C)C. The third-order valence-corrected chi connectivity index (χ3v) is 4.84. The number of carbonyl (C=O) groups excluding carboxylic acids is 2. The summed E-state index contributed by atoms with van der Waals surface area (Å²) in [4.78, 5) is 27.1. The lowest BCUT2D eigenvalue weighted by Crippen LogP contribution is -2.55. The minimum absolute atomic E-state index is 0.0260. The van der Waals surface area contributed by atoms with Crippen LogP contribution in [0.25, 0.3) is 0 Å². The number of rotatable bonds is 4. The van der Waals surface area contributed by atoms with Crippen molar-refractivity contribution in [2.24, 2.45) is 11.8 Å². The van der Waals surface area contributed by atoms with E-state index in [1.54, 1.807) is 11.0 Å². The van der Waals surface area contributed by atoms with Crippen LogP contribution in [0.2, 0.25) is 0 Å². The molecule has 0 aliphatic carbocycles. The number of aliphatic hydroxyl groups is 1. The number of amides is 2. The van der Waals surface area contributed by atoms with Crippen molar-refractivity contribution in [3.8, 4) is 0 Å². The Morgan fingerprint density at radius 2 is 1.96 bits per heavy atom. The van der Waals surface area contributed by atoms with Gasteiger partial charge in [0.25, 0.3) is 5.91 Å². The molecule has 2 N–H and O–H groups in total. The molecule has 1 fully saturated rings. The largest absolute Gasteiger partial charge is 0.391 e. The van der Waals surface area contributed by atoms with Crippen LogP contribution in [0.15, 0.2) is 24.3 Å². The van der Waals surface area contributed by atoms with Crippen molar-refractivity contribution < 1.29 is 14.7 Å². The minimum atomic E-state index is -0.585. The Labute approximate surface area is 144 Å². The Morgan fingerprint density at radius 3 is 2.54 bits per heavy atom. The predicted molar refractivity (Wildman–Crippen MR) is 93.6 cm³/mol. The number of carbonyl (C=O) groups is 2. The molecule has 24 heavy (non-hydrogen) atoms. The van der Waals surface area contributed by atoms with E-state index in [9.17, 15) is 14.7 Å². The summed E-state index contributed by atoms with van der Waals surface area (Å²) in [6.45, 7) is 8.67. The number of β-amino-alcohol motifs (C(OH)–C–C–N with tert-alkyl or cyclic N) is 1. The molecule has 2 rings (SSSR count). The van der Waals surface area contributed by atoms with Gasteiger partial charge < -0.3 is 15.3 Å². The summed E-state index contributed by atoms with van der Waals surface area (Å²) in [6, 6.07) is 6.75. The van der Waals surface area contributed by atoms with Crippen molar-refractivity contribution in [3.63, 3.8) is 0 Å². The molecule has 0 saturated carbocycles. The summed E-state index contributed by atoms with van der Waals surface area (Å²) in [6.07, 6.45) is 0.284. The Morgan fingerprint density at radius 1 is 1.29 bits per heavy atom. The first-order valence-electron chi connectivity index (χ1n) is 8.64. The smallest absolute Gasteiger partial charge is 0.252 e. The number of likely N-dealkylation sites (tertiary alicyclic amines) is 1. The summed E-state index contributed by atoms with van der Waals surface area (Å²) in [7, 11) is 0. The number of aliphatic hydroxyl groups excluding tert-OH is 1. The molecule has 0 radical (unpaired) electrons. The predicted octanol–water partition coefficient (Wildman–Crippen LogP) is 1.98. The number of hydrogen-bond donors (Lipinski definition) is 2. The summed E-state index contributed by atoms with van der Waals surface area (Å²) in [5.41, 5.74) is 1.47. The zero-order valence-corrected chi connectivity index (χ0v) is 15.0. The third-order valence-electron chi connectivity index (χ3n) is 4.84. The van der Waals surface area contributed by atoms with Gasteiger partial charge in [-0.25, -0.2) is 0 Å². The maximum atomic E-state index is 12.8. The van der Waals surface area contributed by atoms with Crippen molar-refractivity contribution in [2.45, 2.75) is 46.3 Å². The van der Waals surface area contributed by atoms with E-state index >= 15 is 0 Å². The monoisotopic (exact) mass is 332 g/mol. The van der Waals surface area contributed by atoms with Crippen molar-refractivity contribution in [2.75, 3.05) is 13.1 Å². The van der Waals surface area contributed by atoms with Crippen molar-refractivity contribution in [1.82, 2.24) is 10.2 Å². The van der Waals surface area contributed by atoms with Crippen LogP contribution in [-0.4, -0.2) is 47.1 Å². The van der Waals surface area contributed by atoms with Crippen LogP contribution >= 0.6 is 0 Å². The number of hydrogen-bond acceptors (Lipinski definition) is 3.